The summed E-state index contributed by atoms with van der Waals surface area (Å²) in [6.07, 6.45) is -5.24. The molecule has 0 saturated carbocycles. The van der Waals surface area contributed by atoms with E-state index in [1.807, 2.05) is 0 Å². The lowest BCUT2D eigenvalue weighted by atomic mass is 9.97. The summed E-state index contributed by atoms with van der Waals surface area (Å²) in [5, 5.41) is 39.4. The van der Waals surface area contributed by atoms with E-state index in [1.165, 1.54) is 6.92 Å². The minimum atomic E-state index is -1.45. The first-order chi connectivity index (χ1) is 6.97. The van der Waals surface area contributed by atoms with E-state index in [0.717, 1.165) is 0 Å². The van der Waals surface area contributed by atoms with Crippen LogP contribution in [-0.4, -0.2) is 63.6 Å². The van der Waals surface area contributed by atoms with Gasteiger partial charge in [-0.25, -0.2) is 0 Å². The van der Waals surface area contributed by atoms with Gasteiger partial charge in [-0.05, 0) is 0 Å². The van der Waals surface area contributed by atoms with Gasteiger partial charge in [-0.3, -0.25) is 4.79 Å². The first-order valence-electron chi connectivity index (χ1n) is 4.55. The van der Waals surface area contributed by atoms with Crippen LogP contribution in [0.2, 0.25) is 0 Å². The summed E-state index contributed by atoms with van der Waals surface area (Å²) in [5.74, 6) is -0.462. The summed E-state index contributed by atoms with van der Waals surface area (Å²) in [4.78, 5) is 10.7. The molecule has 0 spiro atoms. The Morgan fingerprint density at radius 1 is 1.33 bits per heavy atom. The van der Waals surface area contributed by atoms with Crippen molar-refractivity contribution in [2.45, 2.75) is 37.6 Å². The molecular weight excluding hydrogens is 206 g/mol. The minimum Gasteiger partial charge on any atom is -0.394 e. The monoisotopic (exact) mass is 221 g/mol. The van der Waals surface area contributed by atoms with Gasteiger partial charge in [-0.1, -0.05) is 0 Å². The van der Waals surface area contributed by atoms with Crippen LogP contribution in [0.1, 0.15) is 6.92 Å². The van der Waals surface area contributed by atoms with E-state index in [1.54, 1.807) is 0 Å². The summed E-state index contributed by atoms with van der Waals surface area (Å²) in [5.41, 5.74) is 0. The fraction of sp³-hybridized carbons (Fsp3) is 0.875. The molecule has 5 N–H and O–H groups in total. The number of rotatable bonds is 2. The molecule has 0 aromatic carbocycles. The largest absolute Gasteiger partial charge is 0.394 e. The highest BCUT2D eigenvalue weighted by Gasteiger charge is 2.43. The van der Waals surface area contributed by atoms with Gasteiger partial charge in [0.15, 0.2) is 6.29 Å². The third-order valence-electron chi connectivity index (χ3n) is 2.27. The molecule has 0 radical (unpaired) electrons. The van der Waals surface area contributed by atoms with Gasteiger partial charge < -0.3 is 30.5 Å². The van der Waals surface area contributed by atoms with E-state index in [4.69, 9.17) is 9.84 Å². The second-order valence-electron chi connectivity index (χ2n) is 3.46. The lowest BCUT2D eigenvalue weighted by molar-refractivity contribution is -0.253. The molecule has 1 aliphatic rings. The summed E-state index contributed by atoms with van der Waals surface area (Å²) in [7, 11) is 0. The fourth-order valence-electron chi connectivity index (χ4n) is 1.49. The molecule has 1 heterocycles. The average molecular weight is 221 g/mol. The van der Waals surface area contributed by atoms with Crippen molar-refractivity contribution in [1.82, 2.24) is 5.32 Å². The normalized spacial score (nSPS) is 41.3. The summed E-state index contributed by atoms with van der Waals surface area (Å²) in [6.45, 7) is 0.687. The van der Waals surface area contributed by atoms with Crippen molar-refractivity contribution in [2.24, 2.45) is 0 Å². The number of hydrogen-bond donors (Lipinski definition) is 5. The zero-order chi connectivity index (χ0) is 11.6. The van der Waals surface area contributed by atoms with Crippen molar-refractivity contribution >= 4 is 5.91 Å². The Bertz CT molecular complexity index is 235. The lowest BCUT2D eigenvalue weighted by Crippen LogP contribution is -2.63. The molecule has 4 unspecified atom stereocenters. The highest BCUT2D eigenvalue weighted by atomic mass is 16.6. The molecule has 7 heteroatoms. The molecule has 15 heavy (non-hydrogen) atoms. The van der Waals surface area contributed by atoms with Gasteiger partial charge in [0.1, 0.15) is 24.4 Å². The summed E-state index contributed by atoms with van der Waals surface area (Å²) in [6, 6.07) is -1.10. The maximum Gasteiger partial charge on any atom is 0.217 e. The van der Waals surface area contributed by atoms with E-state index < -0.39 is 43.2 Å². The Labute approximate surface area is 86.3 Å². The molecule has 88 valence electrons. The number of aliphatic hydroxyl groups excluding tert-OH is 4. The molecule has 1 aliphatic heterocycles. The van der Waals surface area contributed by atoms with Gasteiger partial charge in [0.05, 0.1) is 6.61 Å². The molecule has 1 fully saturated rings. The van der Waals surface area contributed by atoms with Crippen LogP contribution >= 0.6 is 0 Å². The highest BCUT2D eigenvalue weighted by molar-refractivity contribution is 5.73. The van der Waals surface area contributed by atoms with Crippen LogP contribution in [-0.2, 0) is 9.53 Å². The van der Waals surface area contributed by atoms with Crippen LogP contribution < -0.4 is 5.32 Å². The second-order valence-corrected chi connectivity index (χ2v) is 3.46. The molecule has 1 saturated heterocycles. The van der Waals surface area contributed by atoms with Crippen LogP contribution in [0.4, 0.5) is 0 Å². The topological polar surface area (TPSA) is 119 Å². The number of carbonyl (C=O) groups is 1. The third-order valence-corrected chi connectivity index (χ3v) is 2.27. The number of nitrogens with one attached hydrogen (secondary N) is 1. The molecular formula is C8H15NO6. The summed E-state index contributed by atoms with van der Waals surface area (Å²) < 4.78 is 4.81. The van der Waals surface area contributed by atoms with Crippen molar-refractivity contribution in [1.29, 1.82) is 0 Å². The van der Waals surface area contributed by atoms with Gasteiger partial charge >= 0.3 is 0 Å². The standard InChI is InChI=1S/C8H15NO6/c1-3(11)9-5-7(13)6(12)4(2-10)15-8(5)14/h4-8,10,12-14H,2H2,1H3,(H,9,11)/t4?,5?,6-,7?,8?/m1/s1. The molecule has 1 amide bonds. The number of amides is 1. The van der Waals surface area contributed by atoms with Gasteiger partial charge in [0.25, 0.3) is 0 Å². The Balaban J connectivity index is 2.70. The Hall–Kier alpha value is -0.730. The van der Waals surface area contributed by atoms with Crippen molar-refractivity contribution < 1.29 is 30.0 Å². The number of ether oxygens (including phenoxy) is 1. The first-order valence-corrected chi connectivity index (χ1v) is 4.55. The maximum atomic E-state index is 10.7. The smallest absolute Gasteiger partial charge is 0.217 e. The van der Waals surface area contributed by atoms with Gasteiger partial charge in [0.2, 0.25) is 5.91 Å². The SMILES string of the molecule is CC(=O)NC1C(O)OC(CO)[C@@H](O)C1O. The molecule has 7 nitrogen and oxygen atoms in total. The van der Waals surface area contributed by atoms with Crippen molar-refractivity contribution in [3.05, 3.63) is 0 Å². The van der Waals surface area contributed by atoms with Crippen LogP contribution in [0.5, 0.6) is 0 Å². The maximum absolute atomic E-state index is 10.7. The lowest BCUT2D eigenvalue weighted by Gasteiger charge is -2.40. The van der Waals surface area contributed by atoms with E-state index in [0.29, 0.717) is 0 Å². The Kier molecular flexibility index (Phi) is 4.00. The van der Waals surface area contributed by atoms with Crippen LogP contribution in [0.3, 0.4) is 0 Å². The second kappa shape index (κ2) is 4.86. The third kappa shape index (κ3) is 2.64. The fourth-order valence-corrected chi connectivity index (χ4v) is 1.49. The van der Waals surface area contributed by atoms with E-state index in [2.05, 4.69) is 5.32 Å². The number of aliphatic hydroxyl groups is 4. The minimum absolute atomic E-state index is 0.462. The molecule has 0 aromatic rings. The van der Waals surface area contributed by atoms with Gasteiger partial charge in [0, 0.05) is 6.92 Å². The number of carbonyl (C=O) groups excluding carboxylic acids is 1. The number of hydrogen-bond acceptors (Lipinski definition) is 6. The Morgan fingerprint density at radius 2 is 1.93 bits per heavy atom. The van der Waals surface area contributed by atoms with E-state index >= 15 is 0 Å². The van der Waals surface area contributed by atoms with Crippen molar-refractivity contribution in [3.63, 3.8) is 0 Å². The zero-order valence-electron chi connectivity index (χ0n) is 8.20. The quantitative estimate of drug-likeness (QED) is 0.337. The van der Waals surface area contributed by atoms with E-state index in [9.17, 15) is 20.1 Å². The van der Waals surface area contributed by atoms with E-state index in [-0.39, 0.29) is 0 Å². The highest BCUT2D eigenvalue weighted by Crippen LogP contribution is 2.19. The average Bonchev–Trinajstić information content (AvgIpc) is 2.18. The predicted octanol–water partition coefficient (Wildman–Crippen LogP) is -3.08. The molecule has 0 aliphatic carbocycles. The zero-order valence-corrected chi connectivity index (χ0v) is 8.20. The summed E-state index contributed by atoms with van der Waals surface area (Å²) >= 11 is 0. The van der Waals surface area contributed by atoms with Gasteiger partial charge in [-0.2, -0.15) is 0 Å². The predicted molar refractivity (Wildman–Crippen MR) is 47.6 cm³/mol. The molecule has 0 bridgehead atoms. The Morgan fingerprint density at radius 3 is 2.40 bits per heavy atom. The first kappa shape index (κ1) is 12.3. The van der Waals surface area contributed by atoms with Crippen molar-refractivity contribution in [3.8, 4) is 0 Å². The van der Waals surface area contributed by atoms with Crippen LogP contribution in [0.15, 0.2) is 0 Å². The molecule has 0 aromatic heterocycles. The van der Waals surface area contributed by atoms with Gasteiger partial charge in [-0.15, -0.1) is 0 Å². The van der Waals surface area contributed by atoms with Crippen molar-refractivity contribution in [2.75, 3.05) is 6.61 Å². The molecule has 5 atom stereocenters. The van der Waals surface area contributed by atoms with Crippen LogP contribution in [0.25, 0.3) is 0 Å². The van der Waals surface area contributed by atoms with Crippen LogP contribution in [0, 0.1) is 0 Å². The molecule has 1 rings (SSSR count).